The van der Waals surface area contributed by atoms with Crippen LogP contribution in [0.1, 0.15) is 10.7 Å². The van der Waals surface area contributed by atoms with Crippen molar-refractivity contribution < 1.29 is 0 Å². The van der Waals surface area contributed by atoms with E-state index in [4.69, 9.17) is 0 Å². The number of aromatic amines is 1. The summed E-state index contributed by atoms with van der Waals surface area (Å²) in [6, 6.07) is 10.2. The van der Waals surface area contributed by atoms with Gasteiger partial charge in [0.2, 0.25) is 0 Å². The van der Waals surface area contributed by atoms with Gasteiger partial charge in [0.15, 0.2) is 0 Å². The molecule has 4 aromatic rings. The summed E-state index contributed by atoms with van der Waals surface area (Å²) in [5.41, 5.74) is 2.09. The maximum absolute atomic E-state index is 4.58. The Morgan fingerprint density at radius 1 is 1.23 bits per heavy atom. The van der Waals surface area contributed by atoms with Crippen molar-refractivity contribution in [2.45, 2.75) is 13.3 Å². The smallest absolute Gasteiger partial charge is 0.138 e. The molecule has 0 bridgehead atoms. The van der Waals surface area contributed by atoms with E-state index in [0.717, 1.165) is 45.9 Å². The standard InChI is InChI=1S/C16H15N5S/c1-10-8-11-15(18-9-19-16(11)22-10)17-7-6-14-20-12-4-2-3-5-13(12)21-14/h2-5,8-9H,6-7H2,1H3,(H,20,21)(H,17,18,19). The van der Waals surface area contributed by atoms with Crippen LogP contribution in [0.2, 0.25) is 0 Å². The fourth-order valence-corrected chi connectivity index (χ4v) is 3.39. The lowest BCUT2D eigenvalue weighted by atomic mass is 10.3. The van der Waals surface area contributed by atoms with Gasteiger partial charge in [-0.1, -0.05) is 12.1 Å². The predicted molar refractivity (Wildman–Crippen MR) is 90.4 cm³/mol. The normalized spacial score (nSPS) is 11.3. The van der Waals surface area contributed by atoms with Gasteiger partial charge in [0.25, 0.3) is 0 Å². The molecule has 6 heteroatoms. The lowest BCUT2D eigenvalue weighted by Crippen LogP contribution is -2.07. The second-order valence-corrected chi connectivity index (χ2v) is 6.41. The molecule has 0 amide bonds. The molecular formula is C16H15N5S. The van der Waals surface area contributed by atoms with Crippen molar-refractivity contribution in [2.75, 3.05) is 11.9 Å². The first kappa shape index (κ1) is 13.2. The lowest BCUT2D eigenvalue weighted by molar-refractivity contribution is 0.929. The summed E-state index contributed by atoms with van der Waals surface area (Å²) in [7, 11) is 0. The van der Waals surface area contributed by atoms with Crippen LogP contribution >= 0.6 is 11.3 Å². The lowest BCUT2D eigenvalue weighted by Gasteiger charge is -2.04. The largest absolute Gasteiger partial charge is 0.369 e. The zero-order chi connectivity index (χ0) is 14.9. The zero-order valence-electron chi connectivity index (χ0n) is 12.1. The molecule has 0 saturated carbocycles. The average molecular weight is 309 g/mol. The van der Waals surface area contributed by atoms with Crippen LogP contribution in [0.3, 0.4) is 0 Å². The Morgan fingerprint density at radius 3 is 3.05 bits per heavy atom. The number of aryl methyl sites for hydroxylation is 1. The highest BCUT2D eigenvalue weighted by Gasteiger charge is 2.07. The molecule has 4 rings (SSSR count). The molecule has 2 N–H and O–H groups in total. The third-order valence-corrected chi connectivity index (χ3v) is 4.50. The van der Waals surface area contributed by atoms with Crippen molar-refractivity contribution in [1.29, 1.82) is 0 Å². The first-order valence-electron chi connectivity index (χ1n) is 7.18. The fraction of sp³-hybridized carbons (Fsp3) is 0.188. The molecule has 22 heavy (non-hydrogen) atoms. The quantitative estimate of drug-likeness (QED) is 0.605. The van der Waals surface area contributed by atoms with Gasteiger partial charge in [-0.25, -0.2) is 15.0 Å². The van der Waals surface area contributed by atoms with Crippen LogP contribution in [-0.2, 0) is 6.42 Å². The average Bonchev–Trinajstić information content (AvgIpc) is 3.09. The summed E-state index contributed by atoms with van der Waals surface area (Å²) in [6.45, 7) is 2.87. The van der Waals surface area contributed by atoms with E-state index < -0.39 is 0 Å². The Labute approximate surface area is 131 Å². The molecule has 0 unspecified atom stereocenters. The number of nitrogens with zero attached hydrogens (tertiary/aromatic N) is 3. The predicted octanol–water partition coefficient (Wildman–Crippen LogP) is 3.53. The summed E-state index contributed by atoms with van der Waals surface area (Å²) >= 11 is 1.69. The van der Waals surface area contributed by atoms with Gasteiger partial charge in [0.05, 0.1) is 16.4 Å². The molecule has 3 aromatic heterocycles. The van der Waals surface area contributed by atoms with Crippen molar-refractivity contribution in [3.05, 3.63) is 47.4 Å². The van der Waals surface area contributed by atoms with Crippen LogP contribution in [0.25, 0.3) is 21.3 Å². The summed E-state index contributed by atoms with van der Waals surface area (Å²) < 4.78 is 0. The van der Waals surface area contributed by atoms with E-state index in [1.807, 2.05) is 24.3 Å². The third kappa shape index (κ3) is 2.42. The Bertz CT molecular complexity index is 907. The number of para-hydroxylation sites is 2. The van der Waals surface area contributed by atoms with E-state index in [1.54, 1.807) is 17.7 Å². The number of benzene rings is 1. The van der Waals surface area contributed by atoms with Gasteiger partial charge in [-0.2, -0.15) is 0 Å². The van der Waals surface area contributed by atoms with Crippen molar-refractivity contribution in [3.8, 4) is 0 Å². The van der Waals surface area contributed by atoms with Gasteiger partial charge in [0, 0.05) is 17.8 Å². The van der Waals surface area contributed by atoms with E-state index in [0.29, 0.717) is 0 Å². The van der Waals surface area contributed by atoms with Crippen molar-refractivity contribution >= 4 is 38.4 Å². The minimum absolute atomic E-state index is 0.779. The van der Waals surface area contributed by atoms with Crippen molar-refractivity contribution in [1.82, 2.24) is 19.9 Å². The SMILES string of the molecule is Cc1cc2c(NCCc3nc4ccccc4[nH]3)ncnc2s1. The van der Waals surface area contributed by atoms with E-state index >= 15 is 0 Å². The molecule has 0 aliphatic carbocycles. The molecule has 0 aliphatic heterocycles. The van der Waals surface area contributed by atoms with E-state index in [-0.39, 0.29) is 0 Å². The summed E-state index contributed by atoms with van der Waals surface area (Å²) in [4.78, 5) is 18.9. The van der Waals surface area contributed by atoms with Gasteiger partial charge < -0.3 is 10.3 Å². The summed E-state index contributed by atoms with van der Waals surface area (Å²) in [5, 5.41) is 4.48. The summed E-state index contributed by atoms with van der Waals surface area (Å²) in [5.74, 6) is 1.88. The van der Waals surface area contributed by atoms with Crippen LogP contribution in [0, 0.1) is 6.92 Å². The number of fused-ring (bicyclic) bond motifs is 2. The van der Waals surface area contributed by atoms with Crippen LogP contribution < -0.4 is 5.32 Å². The Morgan fingerprint density at radius 2 is 2.14 bits per heavy atom. The minimum Gasteiger partial charge on any atom is -0.369 e. The zero-order valence-corrected chi connectivity index (χ0v) is 12.9. The Hall–Kier alpha value is -2.47. The van der Waals surface area contributed by atoms with Crippen LogP contribution in [-0.4, -0.2) is 26.5 Å². The van der Waals surface area contributed by atoms with Crippen LogP contribution in [0.4, 0.5) is 5.82 Å². The molecule has 0 spiro atoms. The molecule has 0 atom stereocenters. The van der Waals surface area contributed by atoms with Crippen LogP contribution in [0.5, 0.6) is 0 Å². The summed E-state index contributed by atoms with van der Waals surface area (Å²) in [6.07, 6.45) is 2.44. The highest BCUT2D eigenvalue weighted by atomic mass is 32.1. The Kier molecular flexibility index (Phi) is 3.23. The minimum atomic E-state index is 0.779. The monoisotopic (exact) mass is 309 g/mol. The van der Waals surface area contributed by atoms with E-state index in [2.05, 4.69) is 38.2 Å². The highest BCUT2D eigenvalue weighted by Crippen LogP contribution is 2.27. The van der Waals surface area contributed by atoms with E-state index in [9.17, 15) is 0 Å². The second kappa shape index (κ2) is 5.38. The van der Waals surface area contributed by atoms with Crippen LogP contribution in [0.15, 0.2) is 36.7 Å². The van der Waals surface area contributed by atoms with Gasteiger partial charge in [0.1, 0.15) is 22.8 Å². The molecule has 1 aromatic carbocycles. The van der Waals surface area contributed by atoms with Gasteiger partial charge in [-0.3, -0.25) is 0 Å². The first-order valence-corrected chi connectivity index (χ1v) is 8.00. The van der Waals surface area contributed by atoms with Gasteiger partial charge in [-0.15, -0.1) is 11.3 Å². The molecule has 110 valence electrons. The van der Waals surface area contributed by atoms with Gasteiger partial charge in [-0.05, 0) is 25.1 Å². The number of hydrogen-bond donors (Lipinski definition) is 2. The number of aromatic nitrogens is 4. The molecule has 0 aliphatic rings. The van der Waals surface area contributed by atoms with Crippen molar-refractivity contribution in [2.24, 2.45) is 0 Å². The number of hydrogen-bond acceptors (Lipinski definition) is 5. The maximum Gasteiger partial charge on any atom is 0.138 e. The number of rotatable bonds is 4. The molecule has 0 fully saturated rings. The maximum atomic E-state index is 4.58. The number of imidazole rings is 1. The number of anilines is 1. The fourth-order valence-electron chi connectivity index (χ4n) is 2.54. The topological polar surface area (TPSA) is 66.5 Å². The molecule has 0 saturated heterocycles. The van der Waals surface area contributed by atoms with Crippen molar-refractivity contribution in [3.63, 3.8) is 0 Å². The van der Waals surface area contributed by atoms with Gasteiger partial charge >= 0.3 is 0 Å². The Balaban J connectivity index is 1.50. The number of H-pyrrole nitrogens is 1. The molecule has 3 heterocycles. The molecule has 0 radical (unpaired) electrons. The van der Waals surface area contributed by atoms with E-state index in [1.165, 1.54) is 4.88 Å². The molecule has 5 nitrogen and oxygen atoms in total. The number of thiophene rings is 1. The third-order valence-electron chi connectivity index (χ3n) is 3.55. The first-order chi connectivity index (χ1) is 10.8. The number of nitrogens with one attached hydrogen (secondary N) is 2. The highest BCUT2D eigenvalue weighted by molar-refractivity contribution is 7.18. The second-order valence-electron chi connectivity index (χ2n) is 5.18. The molecular weight excluding hydrogens is 294 g/mol.